The lowest BCUT2D eigenvalue weighted by atomic mass is 9.93. The minimum atomic E-state index is -0.910. The molecule has 226 valence electrons. The summed E-state index contributed by atoms with van der Waals surface area (Å²) in [5.74, 6) is -2.44. The molecule has 3 N–H and O–H groups in total. The van der Waals surface area contributed by atoms with Crippen molar-refractivity contribution in [1.29, 1.82) is 0 Å². The van der Waals surface area contributed by atoms with E-state index in [0.29, 0.717) is 36.3 Å². The van der Waals surface area contributed by atoms with Crippen LogP contribution in [0.3, 0.4) is 0 Å². The monoisotopic (exact) mass is 579 g/mol. The minimum absolute atomic E-state index is 0.0688. The van der Waals surface area contributed by atoms with Gasteiger partial charge in [-0.15, -0.1) is 0 Å². The molecule has 2 atom stereocenters. The molecular weight excluding hydrogens is 536 g/mol. The van der Waals surface area contributed by atoms with Gasteiger partial charge in [0.25, 0.3) is 11.8 Å². The van der Waals surface area contributed by atoms with Gasteiger partial charge in [0.1, 0.15) is 11.6 Å². The SMILES string of the molecule is CCCN(CCC)C(=O)c1cccc(C(=O)NC[C@H](Cc2cc(F)cc(F)c2)[C@@H](O)CNCc2cc(C)cc(C)c2)c1. The van der Waals surface area contributed by atoms with Crippen LogP contribution in [-0.4, -0.2) is 54.1 Å². The van der Waals surface area contributed by atoms with Crippen molar-refractivity contribution < 1.29 is 23.5 Å². The lowest BCUT2D eigenvalue weighted by molar-refractivity contribution is 0.0755. The molecule has 3 aromatic carbocycles. The predicted molar refractivity (Wildman–Crippen MR) is 162 cm³/mol. The van der Waals surface area contributed by atoms with Crippen LogP contribution in [0.1, 0.15) is 69.7 Å². The zero-order chi connectivity index (χ0) is 30.6. The Balaban J connectivity index is 1.71. The van der Waals surface area contributed by atoms with Gasteiger partial charge in [-0.1, -0.05) is 49.2 Å². The van der Waals surface area contributed by atoms with Gasteiger partial charge in [-0.2, -0.15) is 0 Å². The molecule has 0 aliphatic rings. The Kier molecular flexibility index (Phi) is 12.6. The van der Waals surface area contributed by atoms with Crippen LogP contribution in [0.2, 0.25) is 0 Å². The van der Waals surface area contributed by atoms with Crippen LogP contribution >= 0.6 is 0 Å². The van der Waals surface area contributed by atoms with Crippen LogP contribution in [0, 0.1) is 31.4 Å². The minimum Gasteiger partial charge on any atom is -0.391 e. The Bertz CT molecular complexity index is 1300. The molecule has 0 fully saturated rings. The number of hydrogen-bond acceptors (Lipinski definition) is 4. The quantitative estimate of drug-likeness (QED) is 0.220. The first-order valence-corrected chi connectivity index (χ1v) is 14.7. The van der Waals surface area contributed by atoms with Gasteiger partial charge in [0.15, 0.2) is 0 Å². The summed E-state index contributed by atoms with van der Waals surface area (Å²) in [6, 6.07) is 16.1. The number of aliphatic hydroxyl groups excluding tert-OH is 1. The molecule has 0 aliphatic heterocycles. The van der Waals surface area contributed by atoms with Crippen LogP contribution in [0.5, 0.6) is 0 Å². The normalized spacial score (nSPS) is 12.5. The summed E-state index contributed by atoms with van der Waals surface area (Å²) in [4.78, 5) is 28.0. The van der Waals surface area contributed by atoms with Crippen molar-refractivity contribution in [3.05, 3.63) is 106 Å². The number of aliphatic hydroxyl groups is 1. The summed E-state index contributed by atoms with van der Waals surface area (Å²) in [5, 5.41) is 17.2. The maximum absolute atomic E-state index is 13.9. The van der Waals surface area contributed by atoms with E-state index in [-0.39, 0.29) is 25.4 Å². The molecule has 0 aliphatic carbocycles. The van der Waals surface area contributed by atoms with Crippen LogP contribution in [-0.2, 0) is 13.0 Å². The predicted octanol–water partition coefficient (Wildman–Crippen LogP) is 5.58. The van der Waals surface area contributed by atoms with Gasteiger partial charge in [-0.25, -0.2) is 8.78 Å². The molecule has 0 saturated carbocycles. The Morgan fingerprint density at radius 2 is 1.45 bits per heavy atom. The highest BCUT2D eigenvalue weighted by Crippen LogP contribution is 2.17. The molecule has 2 amide bonds. The third-order valence-corrected chi connectivity index (χ3v) is 7.10. The standard InChI is InChI=1S/C34H43F2N3O3/c1-5-10-39(11-6-2)34(42)28-9-7-8-27(18-28)33(41)38-21-29(15-25-16-30(35)19-31(36)17-25)32(40)22-37-20-26-13-23(3)12-24(4)14-26/h7-9,12-14,16-19,29,32,37,40H,5-6,10-11,15,20-22H2,1-4H3,(H,38,41)/t29-,32-/m0/s1. The van der Waals surface area contributed by atoms with Crippen molar-refractivity contribution in [3.8, 4) is 0 Å². The van der Waals surface area contributed by atoms with E-state index in [1.165, 1.54) is 12.1 Å². The number of nitrogens with one attached hydrogen (secondary N) is 2. The highest BCUT2D eigenvalue weighted by Gasteiger charge is 2.22. The molecule has 6 nitrogen and oxygen atoms in total. The molecule has 0 spiro atoms. The van der Waals surface area contributed by atoms with Gasteiger partial charge in [-0.05, 0) is 74.6 Å². The zero-order valence-electron chi connectivity index (χ0n) is 25.1. The second-order valence-corrected chi connectivity index (χ2v) is 11.0. The van der Waals surface area contributed by atoms with Crippen LogP contribution < -0.4 is 10.6 Å². The lowest BCUT2D eigenvalue weighted by Crippen LogP contribution is -2.41. The van der Waals surface area contributed by atoms with E-state index in [1.807, 2.05) is 27.7 Å². The van der Waals surface area contributed by atoms with Crippen molar-refractivity contribution >= 4 is 11.8 Å². The molecule has 42 heavy (non-hydrogen) atoms. The molecule has 3 aromatic rings. The average molecular weight is 580 g/mol. The van der Waals surface area contributed by atoms with Gasteiger partial charge < -0.3 is 20.6 Å². The van der Waals surface area contributed by atoms with Gasteiger partial charge in [-0.3, -0.25) is 9.59 Å². The summed E-state index contributed by atoms with van der Waals surface area (Å²) in [5.41, 5.74) is 4.53. The molecule has 0 saturated heterocycles. The number of benzene rings is 3. The number of carbonyl (C=O) groups is 2. The summed E-state index contributed by atoms with van der Waals surface area (Å²) < 4.78 is 27.8. The van der Waals surface area contributed by atoms with Crippen molar-refractivity contribution in [1.82, 2.24) is 15.5 Å². The highest BCUT2D eigenvalue weighted by atomic mass is 19.1. The van der Waals surface area contributed by atoms with E-state index in [1.54, 1.807) is 29.2 Å². The number of carbonyl (C=O) groups excluding carboxylic acids is 2. The van der Waals surface area contributed by atoms with Gasteiger partial charge >= 0.3 is 0 Å². The Morgan fingerprint density at radius 3 is 2.07 bits per heavy atom. The molecule has 0 bridgehead atoms. The van der Waals surface area contributed by atoms with Gasteiger partial charge in [0, 0.05) is 55.8 Å². The summed E-state index contributed by atoms with van der Waals surface area (Å²) in [7, 11) is 0. The number of halogens is 2. The summed E-state index contributed by atoms with van der Waals surface area (Å²) >= 11 is 0. The number of amides is 2. The molecule has 0 unspecified atom stereocenters. The third-order valence-electron chi connectivity index (χ3n) is 7.10. The van der Waals surface area contributed by atoms with Crippen molar-refractivity contribution in [2.45, 2.75) is 59.6 Å². The van der Waals surface area contributed by atoms with E-state index in [9.17, 15) is 23.5 Å². The maximum Gasteiger partial charge on any atom is 0.253 e. The Labute approximate surface area is 248 Å². The van der Waals surface area contributed by atoms with E-state index in [4.69, 9.17) is 0 Å². The maximum atomic E-state index is 13.9. The smallest absolute Gasteiger partial charge is 0.253 e. The van der Waals surface area contributed by atoms with E-state index in [0.717, 1.165) is 35.6 Å². The molecule has 3 rings (SSSR count). The van der Waals surface area contributed by atoms with Gasteiger partial charge in [0.2, 0.25) is 0 Å². The molecule has 0 radical (unpaired) electrons. The molecule has 8 heteroatoms. The fraction of sp³-hybridized carbons (Fsp3) is 0.412. The van der Waals surface area contributed by atoms with Crippen molar-refractivity contribution in [2.75, 3.05) is 26.2 Å². The second kappa shape index (κ2) is 16.1. The average Bonchev–Trinajstić information content (AvgIpc) is 2.93. The first kappa shape index (κ1) is 32.9. The zero-order valence-corrected chi connectivity index (χ0v) is 25.1. The van der Waals surface area contributed by atoms with E-state index in [2.05, 4.69) is 28.8 Å². The first-order chi connectivity index (χ1) is 20.1. The van der Waals surface area contributed by atoms with Crippen molar-refractivity contribution in [2.24, 2.45) is 5.92 Å². The topological polar surface area (TPSA) is 81.7 Å². The third kappa shape index (κ3) is 10.0. The second-order valence-electron chi connectivity index (χ2n) is 11.0. The number of nitrogens with zero attached hydrogens (tertiary/aromatic N) is 1. The van der Waals surface area contributed by atoms with Crippen LogP contribution in [0.25, 0.3) is 0 Å². The van der Waals surface area contributed by atoms with Crippen molar-refractivity contribution in [3.63, 3.8) is 0 Å². The van der Waals surface area contributed by atoms with E-state index >= 15 is 0 Å². The fourth-order valence-corrected chi connectivity index (χ4v) is 5.23. The van der Waals surface area contributed by atoms with Crippen LogP contribution in [0.4, 0.5) is 8.78 Å². The van der Waals surface area contributed by atoms with Gasteiger partial charge in [0.05, 0.1) is 6.10 Å². The Morgan fingerprint density at radius 1 is 0.833 bits per heavy atom. The molecular formula is C34H43F2N3O3. The fourth-order valence-electron chi connectivity index (χ4n) is 5.23. The van der Waals surface area contributed by atoms with E-state index < -0.39 is 29.6 Å². The number of hydrogen-bond donors (Lipinski definition) is 3. The highest BCUT2D eigenvalue weighted by molar-refractivity contribution is 5.99. The molecule has 0 aromatic heterocycles. The summed E-state index contributed by atoms with van der Waals surface area (Å²) in [6.07, 6.45) is 0.921. The molecule has 0 heterocycles. The largest absolute Gasteiger partial charge is 0.391 e. The number of aryl methyl sites for hydroxylation is 2. The number of rotatable bonds is 15. The lowest BCUT2D eigenvalue weighted by Gasteiger charge is -2.24. The van der Waals surface area contributed by atoms with Crippen LogP contribution in [0.15, 0.2) is 60.7 Å². The summed E-state index contributed by atoms with van der Waals surface area (Å²) in [6.45, 7) is 10.2. The Hall–Kier alpha value is -3.62. The first-order valence-electron chi connectivity index (χ1n) is 14.7.